The molecule has 0 aromatic carbocycles. The molecule has 7 heteroatoms. The monoisotopic (exact) mass is 554 g/mol. The summed E-state index contributed by atoms with van der Waals surface area (Å²) in [7, 11) is 0. The van der Waals surface area contributed by atoms with Crippen molar-refractivity contribution in [3.8, 4) is 0 Å². The van der Waals surface area contributed by atoms with E-state index in [-0.39, 0.29) is 12.1 Å². The van der Waals surface area contributed by atoms with E-state index in [4.69, 9.17) is 0 Å². The lowest BCUT2D eigenvalue weighted by atomic mass is 9.83. The van der Waals surface area contributed by atoms with Crippen molar-refractivity contribution in [3.05, 3.63) is 46.1 Å². The first-order valence-electron chi connectivity index (χ1n) is 11.3. The highest BCUT2D eigenvalue weighted by Gasteiger charge is 2.28. The van der Waals surface area contributed by atoms with Crippen LogP contribution in [-0.2, 0) is 0 Å². The van der Waals surface area contributed by atoms with Crippen molar-refractivity contribution in [2.45, 2.75) is 69.3 Å². The normalized spacial score (nSPS) is 29.1. The van der Waals surface area contributed by atoms with E-state index >= 15 is 0 Å². The zero-order valence-corrected chi connectivity index (χ0v) is 21.6. The fourth-order valence-corrected chi connectivity index (χ4v) is 6.45. The van der Waals surface area contributed by atoms with Crippen molar-refractivity contribution in [1.82, 2.24) is 9.21 Å². The van der Waals surface area contributed by atoms with E-state index in [0.29, 0.717) is 5.92 Å². The molecule has 0 saturated carbocycles. The molecule has 2 bridgehead atoms. The third kappa shape index (κ3) is 5.71. The number of alkyl halides is 2. The lowest BCUT2D eigenvalue weighted by Gasteiger charge is -2.34. The fraction of sp³-hybridized carbons (Fsp3) is 0.583. The number of nitrogens with zero attached hydrogens (tertiary/aromatic N) is 4. The zero-order chi connectivity index (χ0) is 22.0. The van der Waals surface area contributed by atoms with Gasteiger partial charge in [-0.25, -0.2) is 13.7 Å². The highest BCUT2D eigenvalue weighted by atomic mass is 127. The lowest BCUT2D eigenvalue weighted by molar-refractivity contribution is 0.187. The molecular weight excluding hydrogens is 522 g/mol. The second-order valence-electron chi connectivity index (χ2n) is 8.93. The molecule has 3 aliphatic heterocycles. The average Bonchev–Trinajstić information content (AvgIpc) is 3.00. The van der Waals surface area contributed by atoms with E-state index in [2.05, 4.69) is 53.3 Å². The fourth-order valence-electron chi connectivity index (χ4n) is 4.67. The largest absolute Gasteiger partial charge is 0.336 e. The summed E-state index contributed by atoms with van der Waals surface area (Å²) in [5.41, 5.74) is 5.23. The van der Waals surface area contributed by atoms with Crippen LogP contribution < -0.4 is 0 Å². The van der Waals surface area contributed by atoms with Crippen LogP contribution in [0.5, 0.6) is 0 Å². The number of halogens is 2. The van der Waals surface area contributed by atoms with Crippen LogP contribution in [-0.4, -0.2) is 50.7 Å². The van der Waals surface area contributed by atoms with Crippen molar-refractivity contribution in [2.24, 2.45) is 15.9 Å². The summed E-state index contributed by atoms with van der Waals surface area (Å²) in [6, 6.07) is 0.435. The number of hydrogen-bond donors (Lipinski definition) is 0. The molecule has 1 saturated heterocycles. The van der Waals surface area contributed by atoms with Crippen molar-refractivity contribution in [1.29, 1.82) is 0 Å². The first kappa shape index (κ1) is 23.2. The Balaban J connectivity index is 1.43. The molecule has 0 amide bonds. The summed E-state index contributed by atoms with van der Waals surface area (Å²) >= 11 is 3.66. The maximum atomic E-state index is 14.1. The van der Waals surface area contributed by atoms with E-state index in [1.165, 1.54) is 21.6 Å². The van der Waals surface area contributed by atoms with E-state index in [1.54, 1.807) is 18.3 Å². The molecule has 4 rings (SSSR count). The smallest absolute Gasteiger partial charge is 0.223 e. The minimum Gasteiger partial charge on any atom is -0.336 e. The first-order chi connectivity index (χ1) is 14.9. The van der Waals surface area contributed by atoms with Gasteiger partial charge in [0.25, 0.3) is 0 Å². The van der Waals surface area contributed by atoms with E-state index < -0.39 is 4.30 Å². The molecule has 4 aliphatic rings. The van der Waals surface area contributed by atoms with E-state index in [1.807, 2.05) is 33.7 Å². The molecular formula is C24H32FIN4S. The predicted molar refractivity (Wildman–Crippen MR) is 139 cm³/mol. The van der Waals surface area contributed by atoms with Gasteiger partial charge in [-0.2, -0.15) is 0 Å². The molecule has 1 fully saturated rings. The van der Waals surface area contributed by atoms with Gasteiger partial charge in [0.05, 0.1) is 6.04 Å². The minimum absolute atomic E-state index is 0.179. The van der Waals surface area contributed by atoms with Crippen molar-refractivity contribution in [3.63, 3.8) is 0 Å². The molecule has 168 valence electrons. The number of rotatable bonds is 4. The molecule has 1 aliphatic carbocycles. The van der Waals surface area contributed by atoms with Crippen LogP contribution in [0, 0.1) is 5.92 Å². The van der Waals surface area contributed by atoms with Gasteiger partial charge in [-0.3, -0.25) is 4.99 Å². The van der Waals surface area contributed by atoms with Gasteiger partial charge < -0.3 is 4.90 Å². The van der Waals surface area contributed by atoms with Crippen molar-refractivity contribution >= 4 is 46.6 Å². The molecule has 0 spiro atoms. The van der Waals surface area contributed by atoms with Crippen LogP contribution in [0.15, 0.2) is 56.0 Å². The van der Waals surface area contributed by atoms with Crippen molar-refractivity contribution in [2.75, 3.05) is 13.1 Å². The van der Waals surface area contributed by atoms with E-state index in [9.17, 15) is 4.39 Å². The molecule has 0 aromatic heterocycles. The number of hydrogen-bond acceptors (Lipinski definition) is 5. The van der Waals surface area contributed by atoms with Gasteiger partial charge in [0, 0.05) is 35.9 Å². The van der Waals surface area contributed by atoms with Gasteiger partial charge in [0.15, 0.2) is 0 Å². The minimum atomic E-state index is -0.999. The second kappa shape index (κ2) is 10.3. The quantitative estimate of drug-likeness (QED) is 0.174. The zero-order valence-electron chi connectivity index (χ0n) is 18.6. The molecule has 3 unspecified atom stereocenters. The van der Waals surface area contributed by atoms with Crippen LogP contribution in [0.2, 0.25) is 0 Å². The SMILES string of the molecule is CC1=CCC(C)N(C(F)I)C=C1SN1CCC(C2=CC3CCC(=NC=N3)C=C2C)CC1. The van der Waals surface area contributed by atoms with Crippen LogP contribution in [0.4, 0.5) is 4.39 Å². The third-order valence-corrected chi connectivity index (χ3v) is 8.55. The summed E-state index contributed by atoms with van der Waals surface area (Å²) in [5.74, 6) is 0.573. The Morgan fingerprint density at radius 2 is 1.97 bits per heavy atom. The first-order valence-corrected chi connectivity index (χ1v) is 13.3. The second-order valence-corrected chi connectivity index (χ2v) is 11.1. The maximum absolute atomic E-state index is 14.1. The van der Waals surface area contributed by atoms with Gasteiger partial charge in [-0.1, -0.05) is 12.2 Å². The molecule has 31 heavy (non-hydrogen) atoms. The molecule has 0 N–H and O–H groups in total. The average molecular weight is 555 g/mol. The topological polar surface area (TPSA) is 31.2 Å². The molecule has 0 radical (unpaired) electrons. The maximum Gasteiger partial charge on any atom is 0.223 e. The van der Waals surface area contributed by atoms with E-state index in [0.717, 1.165) is 50.9 Å². The van der Waals surface area contributed by atoms with Gasteiger partial charge in [0.2, 0.25) is 4.30 Å². The summed E-state index contributed by atoms with van der Waals surface area (Å²) in [5, 5.41) is 0. The Bertz CT molecular complexity index is 865. The van der Waals surface area contributed by atoms with Gasteiger partial charge in [-0.15, -0.1) is 0 Å². The summed E-state index contributed by atoms with van der Waals surface area (Å²) in [6.45, 7) is 8.55. The van der Waals surface area contributed by atoms with Gasteiger partial charge in [0.1, 0.15) is 6.34 Å². The lowest BCUT2D eigenvalue weighted by Crippen LogP contribution is -2.32. The Labute approximate surface area is 203 Å². The van der Waals surface area contributed by atoms with Crippen molar-refractivity contribution < 1.29 is 4.39 Å². The number of fused-ring (bicyclic) bond motifs is 3. The summed E-state index contributed by atoms with van der Waals surface area (Å²) in [6.07, 6.45) is 15.9. The standard InChI is InChI=1S/C24H32FIN4S/c1-16-4-5-18(3)30(24(25)26)14-23(16)31-29-10-8-19(9-11-29)22-13-21-7-6-20(12-17(22)2)27-15-28-21/h4,12-15,18-19,21,24H,5-11H2,1-3H3. The van der Waals surface area contributed by atoms with Crippen LogP contribution in [0.1, 0.15) is 52.9 Å². The summed E-state index contributed by atoms with van der Waals surface area (Å²) in [4.78, 5) is 12.2. The van der Waals surface area contributed by atoms with Gasteiger partial charge in [-0.05, 0) is 116 Å². The highest BCUT2D eigenvalue weighted by Crippen LogP contribution is 2.38. The molecule has 4 nitrogen and oxygen atoms in total. The Morgan fingerprint density at radius 3 is 2.71 bits per heavy atom. The van der Waals surface area contributed by atoms with Crippen LogP contribution in [0.3, 0.4) is 0 Å². The predicted octanol–water partition coefficient (Wildman–Crippen LogP) is 6.43. The third-order valence-electron chi connectivity index (χ3n) is 6.66. The van der Waals surface area contributed by atoms with Crippen LogP contribution in [0.25, 0.3) is 0 Å². The van der Waals surface area contributed by atoms with Gasteiger partial charge >= 0.3 is 0 Å². The van der Waals surface area contributed by atoms with Crippen LogP contribution >= 0.6 is 34.5 Å². The number of aliphatic imine (C=N–C) groups is 2. The molecule has 3 heterocycles. The number of allylic oxidation sites excluding steroid dienone is 4. The number of piperidine rings is 1. The molecule has 3 atom stereocenters. The summed E-state index contributed by atoms with van der Waals surface area (Å²) < 4.78 is 15.6. The Kier molecular flexibility index (Phi) is 7.75. The Hall–Kier alpha value is -0.930. The Morgan fingerprint density at radius 1 is 1.19 bits per heavy atom. The molecule has 0 aromatic rings. The highest BCUT2D eigenvalue weighted by molar-refractivity contribution is 14.1.